The van der Waals surface area contributed by atoms with E-state index in [0.717, 1.165) is 0 Å². The summed E-state index contributed by atoms with van der Waals surface area (Å²) in [4.78, 5) is 34.1. The molecule has 0 spiro atoms. The molecule has 2 rings (SSSR count). The molecule has 1 aromatic heterocycles. The summed E-state index contributed by atoms with van der Waals surface area (Å²) in [5.74, 6) is -1.94. The fraction of sp³-hybridized carbons (Fsp3) is 0.231. The van der Waals surface area contributed by atoms with E-state index in [1.165, 1.54) is 0 Å². The van der Waals surface area contributed by atoms with Gasteiger partial charge in [0.25, 0.3) is 5.56 Å². The number of carboxylic acids is 1. The number of benzene rings is 1. The Bertz CT molecular complexity index is 740. The van der Waals surface area contributed by atoms with E-state index in [1.807, 2.05) is 0 Å². The van der Waals surface area contributed by atoms with Gasteiger partial charge in [-0.3, -0.25) is 9.59 Å². The van der Waals surface area contributed by atoms with Crippen molar-refractivity contribution in [3.8, 4) is 0 Å². The second-order valence-electron chi connectivity index (χ2n) is 4.36. The summed E-state index contributed by atoms with van der Waals surface area (Å²) in [6, 6.07) is 5.28. The molecule has 0 aliphatic rings. The third-order valence-corrected chi connectivity index (χ3v) is 2.92. The first-order chi connectivity index (χ1) is 10.0. The molecule has 0 unspecified atom stereocenters. The highest BCUT2D eigenvalue weighted by atomic mass is 16.4. The molecule has 4 N–H and O–H groups in total. The number of aliphatic carboxylic acids is 1. The first-order valence-electron chi connectivity index (χ1n) is 6.12. The quantitative estimate of drug-likeness (QED) is 0.560. The lowest BCUT2D eigenvalue weighted by molar-refractivity contribution is -0.142. The molecule has 1 aromatic carbocycles. The molecular formula is C13H13N3O5. The molecule has 2 aromatic rings. The number of H-pyrrole nitrogens is 1. The number of hydrogen-bond donors (Lipinski definition) is 4. The van der Waals surface area contributed by atoms with E-state index in [9.17, 15) is 14.4 Å². The predicted octanol–water partition coefficient (Wildman–Crippen LogP) is -0.973. The van der Waals surface area contributed by atoms with Crippen LogP contribution in [0, 0.1) is 0 Å². The predicted molar refractivity (Wildman–Crippen MR) is 72.7 cm³/mol. The first kappa shape index (κ1) is 14.7. The van der Waals surface area contributed by atoms with E-state index in [0.29, 0.717) is 16.5 Å². The lowest BCUT2D eigenvalue weighted by Crippen LogP contribution is -2.44. The molecule has 0 aliphatic heterocycles. The smallest absolute Gasteiger partial charge is 0.328 e. The minimum Gasteiger partial charge on any atom is -0.480 e. The minimum absolute atomic E-state index is 0.207. The summed E-state index contributed by atoms with van der Waals surface area (Å²) in [7, 11) is 0. The van der Waals surface area contributed by atoms with Gasteiger partial charge in [-0.05, 0) is 6.07 Å². The van der Waals surface area contributed by atoms with Gasteiger partial charge in [0, 0.05) is 5.39 Å². The van der Waals surface area contributed by atoms with Gasteiger partial charge in [-0.15, -0.1) is 0 Å². The Kier molecular flexibility index (Phi) is 4.29. The van der Waals surface area contributed by atoms with Crippen LogP contribution in [0.1, 0.15) is 5.69 Å². The number of rotatable bonds is 5. The number of carboxylic acid groups (broad SMARTS) is 1. The van der Waals surface area contributed by atoms with Crippen LogP contribution in [0.2, 0.25) is 0 Å². The van der Waals surface area contributed by atoms with Gasteiger partial charge in [-0.25, -0.2) is 9.89 Å². The molecule has 0 aliphatic carbocycles. The molecule has 110 valence electrons. The molecule has 8 heteroatoms. The minimum atomic E-state index is -1.37. The van der Waals surface area contributed by atoms with Gasteiger partial charge in [-0.2, -0.15) is 5.10 Å². The fourth-order valence-electron chi connectivity index (χ4n) is 1.89. The van der Waals surface area contributed by atoms with Gasteiger partial charge < -0.3 is 15.5 Å². The Morgan fingerprint density at radius 1 is 1.29 bits per heavy atom. The van der Waals surface area contributed by atoms with Crippen molar-refractivity contribution in [3.63, 3.8) is 0 Å². The number of aromatic amines is 1. The van der Waals surface area contributed by atoms with Crippen LogP contribution in [0.4, 0.5) is 0 Å². The highest BCUT2D eigenvalue weighted by Gasteiger charge is 2.19. The highest BCUT2D eigenvalue weighted by molar-refractivity contribution is 5.90. The number of carbonyl (C=O) groups excluding carboxylic acids is 1. The van der Waals surface area contributed by atoms with Crippen molar-refractivity contribution in [2.45, 2.75) is 12.5 Å². The van der Waals surface area contributed by atoms with Crippen LogP contribution in [-0.2, 0) is 16.0 Å². The number of carbonyl (C=O) groups is 2. The van der Waals surface area contributed by atoms with Crippen molar-refractivity contribution >= 4 is 22.6 Å². The molecule has 1 heterocycles. The van der Waals surface area contributed by atoms with Crippen LogP contribution in [0.25, 0.3) is 10.8 Å². The highest BCUT2D eigenvalue weighted by Crippen LogP contribution is 2.12. The first-order valence-corrected chi connectivity index (χ1v) is 6.12. The molecule has 21 heavy (non-hydrogen) atoms. The van der Waals surface area contributed by atoms with Crippen LogP contribution in [0.5, 0.6) is 0 Å². The largest absolute Gasteiger partial charge is 0.480 e. The van der Waals surface area contributed by atoms with Crippen molar-refractivity contribution in [3.05, 3.63) is 40.3 Å². The molecule has 1 amide bonds. The monoisotopic (exact) mass is 291 g/mol. The summed E-state index contributed by atoms with van der Waals surface area (Å²) in [6.45, 7) is -0.707. The van der Waals surface area contributed by atoms with E-state index in [4.69, 9.17) is 10.2 Å². The lowest BCUT2D eigenvalue weighted by Gasteiger charge is -2.11. The fourth-order valence-corrected chi connectivity index (χ4v) is 1.89. The molecule has 0 saturated carbocycles. The number of hydrogen-bond acceptors (Lipinski definition) is 5. The average molecular weight is 291 g/mol. The zero-order valence-corrected chi connectivity index (χ0v) is 10.9. The summed E-state index contributed by atoms with van der Waals surface area (Å²) < 4.78 is 0. The Balaban J connectivity index is 2.24. The zero-order valence-electron chi connectivity index (χ0n) is 10.9. The summed E-state index contributed by atoms with van der Waals surface area (Å²) in [6.07, 6.45) is -0.207. The molecule has 0 fully saturated rings. The van der Waals surface area contributed by atoms with E-state index >= 15 is 0 Å². The van der Waals surface area contributed by atoms with E-state index in [2.05, 4.69) is 15.5 Å². The number of fused-ring (bicyclic) bond motifs is 1. The maximum absolute atomic E-state index is 11.8. The lowest BCUT2D eigenvalue weighted by atomic mass is 10.1. The average Bonchev–Trinajstić information content (AvgIpc) is 2.47. The van der Waals surface area contributed by atoms with Gasteiger partial charge in [0.2, 0.25) is 5.91 Å². The molecule has 0 radical (unpaired) electrons. The third kappa shape index (κ3) is 3.23. The van der Waals surface area contributed by atoms with Gasteiger partial charge in [0.05, 0.1) is 24.1 Å². The maximum Gasteiger partial charge on any atom is 0.328 e. The standard InChI is InChI=1S/C13H13N3O5/c17-6-10(13(20)21)14-11(18)5-9-7-3-1-2-4-8(7)12(19)16-15-9/h1-4,10,17H,5-6H2,(H,14,18)(H,16,19)(H,20,21)/t10-/m1/s1. The topological polar surface area (TPSA) is 132 Å². The van der Waals surface area contributed by atoms with Crippen LogP contribution < -0.4 is 10.9 Å². The Morgan fingerprint density at radius 3 is 2.57 bits per heavy atom. The Labute approximate surface area is 118 Å². The van der Waals surface area contributed by atoms with Gasteiger partial charge in [0.15, 0.2) is 0 Å². The van der Waals surface area contributed by atoms with Crippen molar-refractivity contribution in [1.29, 1.82) is 0 Å². The molecule has 8 nitrogen and oxygen atoms in total. The van der Waals surface area contributed by atoms with E-state index in [1.54, 1.807) is 24.3 Å². The van der Waals surface area contributed by atoms with Crippen LogP contribution in [0.15, 0.2) is 29.1 Å². The molecule has 0 bridgehead atoms. The number of aromatic nitrogens is 2. The number of amides is 1. The van der Waals surface area contributed by atoms with Gasteiger partial charge in [0.1, 0.15) is 6.04 Å². The molecule has 1 atom stereocenters. The SMILES string of the molecule is O=C(Cc1n[nH]c(=O)c2ccccc12)N[C@H](CO)C(=O)O. The molecule has 0 saturated heterocycles. The van der Waals surface area contributed by atoms with E-state index < -0.39 is 24.5 Å². The van der Waals surface area contributed by atoms with Crippen LogP contribution in [-0.4, -0.2) is 44.9 Å². The van der Waals surface area contributed by atoms with E-state index in [-0.39, 0.29) is 12.0 Å². The number of nitrogens with zero attached hydrogens (tertiary/aromatic N) is 1. The summed E-state index contributed by atoms with van der Waals surface area (Å²) in [5.41, 5.74) is -0.0432. The Hall–Kier alpha value is -2.74. The third-order valence-electron chi connectivity index (χ3n) is 2.92. The van der Waals surface area contributed by atoms with Crippen molar-refractivity contribution < 1.29 is 19.8 Å². The number of nitrogens with one attached hydrogen (secondary N) is 2. The van der Waals surface area contributed by atoms with Crippen molar-refractivity contribution in [2.24, 2.45) is 0 Å². The number of aliphatic hydroxyl groups is 1. The Morgan fingerprint density at radius 2 is 1.95 bits per heavy atom. The zero-order chi connectivity index (χ0) is 15.4. The second kappa shape index (κ2) is 6.14. The van der Waals surface area contributed by atoms with Crippen molar-refractivity contribution in [1.82, 2.24) is 15.5 Å². The van der Waals surface area contributed by atoms with Crippen molar-refractivity contribution in [2.75, 3.05) is 6.61 Å². The summed E-state index contributed by atoms with van der Waals surface area (Å²) in [5, 5.41) is 26.8. The van der Waals surface area contributed by atoms with Gasteiger partial charge >= 0.3 is 5.97 Å². The van der Waals surface area contributed by atoms with Gasteiger partial charge in [-0.1, -0.05) is 18.2 Å². The molecular weight excluding hydrogens is 278 g/mol. The second-order valence-corrected chi connectivity index (χ2v) is 4.36. The van der Waals surface area contributed by atoms with Crippen LogP contribution in [0.3, 0.4) is 0 Å². The normalized spacial score (nSPS) is 12.0. The summed E-state index contributed by atoms with van der Waals surface area (Å²) >= 11 is 0. The van der Waals surface area contributed by atoms with Crippen LogP contribution >= 0.6 is 0 Å². The maximum atomic E-state index is 11.8. The number of aliphatic hydroxyl groups excluding tert-OH is 1.